The van der Waals surface area contributed by atoms with Crippen molar-refractivity contribution in [2.24, 2.45) is 0 Å². The minimum atomic E-state index is -3.82. The van der Waals surface area contributed by atoms with Crippen molar-refractivity contribution in [2.75, 3.05) is 10.0 Å². The number of carbonyl (C=O) groups is 1. The molecule has 1 amide bonds. The summed E-state index contributed by atoms with van der Waals surface area (Å²) in [5, 5.41) is 7.63. The van der Waals surface area contributed by atoms with Crippen LogP contribution in [-0.4, -0.2) is 29.1 Å². The molecule has 136 valence electrons. The fourth-order valence-corrected chi connectivity index (χ4v) is 3.80. The lowest BCUT2D eigenvalue weighted by Crippen LogP contribution is -2.18. The van der Waals surface area contributed by atoms with Crippen LogP contribution in [0, 0.1) is 0 Å². The molecule has 0 aliphatic carbocycles. The first-order chi connectivity index (χ1) is 12.4. The van der Waals surface area contributed by atoms with Gasteiger partial charge in [-0.05, 0) is 30.3 Å². The van der Waals surface area contributed by atoms with E-state index in [1.54, 1.807) is 5.38 Å². The van der Waals surface area contributed by atoms with Gasteiger partial charge in [-0.15, -0.1) is 11.3 Å². The van der Waals surface area contributed by atoms with Gasteiger partial charge in [-0.25, -0.2) is 13.4 Å². The average molecular weight is 399 g/mol. The van der Waals surface area contributed by atoms with Crippen molar-refractivity contribution in [3.05, 3.63) is 53.8 Å². The van der Waals surface area contributed by atoms with Crippen LogP contribution in [0.1, 0.15) is 17.0 Å². The molecule has 3 rings (SSSR count). The summed E-state index contributed by atoms with van der Waals surface area (Å²) in [6, 6.07) is 6.39. The molecule has 0 spiro atoms. The Labute approximate surface area is 150 Å². The van der Waals surface area contributed by atoms with Gasteiger partial charge in [-0.1, -0.05) is 0 Å². The third-order valence-corrected chi connectivity index (χ3v) is 5.34. The fourth-order valence-electron chi connectivity index (χ4n) is 2.01. The highest BCUT2D eigenvalue weighted by atomic mass is 32.2. The Kier molecular flexibility index (Phi) is 4.95. The van der Waals surface area contributed by atoms with Crippen molar-refractivity contribution >= 4 is 38.1 Å². The Balaban J connectivity index is 1.73. The summed E-state index contributed by atoms with van der Waals surface area (Å²) in [4.78, 5) is 15.8. The van der Waals surface area contributed by atoms with E-state index in [4.69, 9.17) is 0 Å². The summed E-state index contributed by atoms with van der Waals surface area (Å²) in [5.41, 5.74) is -0.0765. The van der Waals surface area contributed by atoms with E-state index in [1.165, 1.54) is 30.5 Å². The smallest absolute Gasteiger partial charge is 0.321 e. The minimum absolute atomic E-state index is 0.0386. The summed E-state index contributed by atoms with van der Waals surface area (Å²) in [7, 11) is -3.82. The maximum Gasteiger partial charge on any atom is 0.333 e. The van der Waals surface area contributed by atoms with E-state index >= 15 is 0 Å². The Morgan fingerprint density at radius 1 is 1.15 bits per heavy atom. The molecule has 12 heteroatoms. The molecule has 0 saturated carbocycles. The van der Waals surface area contributed by atoms with E-state index in [1.807, 2.05) is 0 Å². The van der Waals surface area contributed by atoms with Crippen LogP contribution in [0.4, 0.5) is 19.6 Å². The summed E-state index contributed by atoms with van der Waals surface area (Å²) in [5.74, 6) is -0.792. The molecule has 0 unspecified atom stereocenters. The SMILES string of the molecule is O=C(Nc1ccc(S(=O)(=O)Nc2nccs2)cc1)c1ccnn1C(F)F. The van der Waals surface area contributed by atoms with E-state index in [0.29, 0.717) is 0 Å². The molecule has 2 heterocycles. The molecule has 0 atom stereocenters. The lowest BCUT2D eigenvalue weighted by Gasteiger charge is -2.09. The quantitative estimate of drug-likeness (QED) is 0.663. The largest absolute Gasteiger partial charge is 0.333 e. The average Bonchev–Trinajstić information content (AvgIpc) is 3.26. The first-order valence-electron chi connectivity index (χ1n) is 7.02. The lowest BCUT2D eigenvalue weighted by molar-refractivity contribution is 0.0520. The minimum Gasteiger partial charge on any atom is -0.321 e. The molecule has 1 aromatic carbocycles. The lowest BCUT2D eigenvalue weighted by atomic mass is 10.3. The molecule has 0 aliphatic rings. The van der Waals surface area contributed by atoms with E-state index in [0.717, 1.165) is 23.6 Å². The van der Waals surface area contributed by atoms with Crippen molar-refractivity contribution in [1.29, 1.82) is 0 Å². The van der Waals surface area contributed by atoms with Gasteiger partial charge in [0.25, 0.3) is 15.9 Å². The standard InChI is InChI=1S/C14H11F2N5O3S2/c15-13(16)21-11(5-6-18-21)12(22)19-9-1-3-10(4-2-9)26(23,24)20-14-17-7-8-25-14/h1-8,13H,(H,17,20)(H,19,22). The topological polar surface area (TPSA) is 106 Å². The second-order valence-corrected chi connectivity index (χ2v) is 7.44. The highest BCUT2D eigenvalue weighted by Crippen LogP contribution is 2.20. The van der Waals surface area contributed by atoms with Gasteiger partial charge in [-0.2, -0.15) is 18.6 Å². The fraction of sp³-hybridized carbons (Fsp3) is 0.0714. The molecule has 26 heavy (non-hydrogen) atoms. The molecule has 0 saturated heterocycles. The maximum absolute atomic E-state index is 12.7. The molecule has 3 aromatic rings. The molecular weight excluding hydrogens is 388 g/mol. The Morgan fingerprint density at radius 2 is 1.88 bits per heavy atom. The molecular formula is C14H11F2N5O3S2. The molecule has 0 fully saturated rings. The number of sulfonamides is 1. The number of rotatable bonds is 6. The van der Waals surface area contributed by atoms with Crippen molar-refractivity contribution in [1.82, 2.24) is 14.8 Å². The van der Waals surface area contributed by atoms with E-state index in [9.17, 15) is 22.0 Å². The molecule has 0 bridgehead atoms. The first kappa shape index (κ1) is 17.9. The number of nitrogens with one attached hydrogen (secondary N) is 2. The van der Waals surface area contributed by atoms with Crippen molar-refractivity contribution in [3.63, 3.8) is 0 Å². The van der Waals surface area contributed by atoms with Gasteiger partial charge in [0.15, 0.2) is 5.13 Å². The highest BCUT2D eigenvalue weighted by molar-refractivity contribution is 7.93. The molecule has 0 radical (unpaired) electrons. The van der Waals surface area contributed by atoms with E-state index in [-0.39, 0.29) is 26.1 Å². The summed E-state index contributed by atoms with van der Waals surface area (Å²) < 4.78 is 52.5. The predicted molar refractivity (Wildman–Crippen MR) is 90.8 cm³/mol. The van der Waals surface area contributed by atoms with Gasteiger partial charge in [0.1, 0.15) is 5.69 Å². The second kappa shape index (κ2) is 7.17. The number of amides is 1. The number of hydrogen-bond acceptors (Lipinski definition) is 6. The van der Waals surface area contributed by atoms with Gasteiger partial charge in [0.05, 0.1) is 4.90 Å². The van der Waals surface area contributed by atoms with Crippen LogP contribution in [0.3, 0.4) is 0 Å². The number of nitrogens with zero attached hydrogens (tertiary/aromatic N) is 3. The molecule has 0 aliphatic heterocycles. The summed E-state index contributed by atoms with van der Waals surface area (Å²) in [6.07, 6.45) is 2.55. The zero-order chi connectivity index (χ0) is 18.7. The highest BCUT2D eigenvalue weighted by Gasteiger charge is 2.19. The van der Waals surface area contributed by atoms with Crippen LogP contribution in [0.25, 0.3) is 0 Å². The zero-order valence-electron chi connectivity index (χ0n) is 12.8. The Bertz CT molecular complexity index is 1000. The molecule has 8 nitrogen and oxygen atoms in total. The van der Waals surface area contributed by atoms with Crippen molar-refractivity contribution in [3.8, 4) is 0 Å². The first-order valence-corrected chi connectivity index (χ1v) is 9.38. The Morgan fingerprint density at radius 3 is 2.50 bits per heavy atom. The molecule has 2 aromatic heterocycles. The van der Waals surface area contributed by atoms with Crippen LogP contribution >= 0.6 is 11.3 Å². The van der Waals surface area contributed by atoms with Crippen LogP contribution < -0.4 is 10.0 Å². The van der Waals surface area contributed by atoms with E-state index in [2.05, 4.69) is 20.1 Å². The van der Waals surface area contributed by atoms with E-state index < -0.39 is 22.5 Å². The van der Waals surface area contributed by atoms with Crippen molar-refractivity contribution in [2.45, 2.75) is 11.4 Å². The van der Waals surface area contributed by atoms with Gasteiger partial charge >= 0.3 is 6.55 Å². The maximum atomic E-state index is 12.7. The summed E-state index contributed by atoms with van der Waals surface area (Å²) >= 11 is 1.13. The zero-order valence-corrected chi connectivity index (χ0v) is 14.5. The molecule has 2 N–H and O–H groups in total. The number of alkyl halides is 2. The monoisotopic (exact) mass is 399 g/mol. The number of halogens is 2. The number of thiazole rings is 1. The number of anilines is 2. The van der Waals surface area contributed by atoms with Crippen LogP contribution in [-0.2, 0) is 10.0 Å². The van der Waals surface area contributed by atoms with Gasteiger partial charge in [0, 0.05) is 23.5 Å². The Hall–Kier alpha value is -2.86. The predicted octanol–water partition coefficient (Wildman–Crippen LogP) is 2.79. The van der Waals surface area contributed by atoms with Gasteiger partial charge < -0.3 is 5.32 Å². The number of hydrogen-bond donors (Lipinski definition) is 2. The second-order valence-electron chi connectivity index (χ2n) is 4.86. The number of carbonyl (C=O) groups excluding carboxylic acids is 1. The summed E-state index contributed by atoms with van der Waals surface area (Å²) in [6.45, 7) is -2.95. The van der Waals surface area contributed by atoms with Crippen LogP contribution in [0.2, 0.25) is 0 Å². The third-order valence-electron chi connectivity index (χ3n) is 3.16. The number of aromatic nitrogens is 3. The van der Waals surface area contributed by atoms with Gasteiger partial charge in [0.2, 0.25) is 0 Å². The third kappa shape index (κ3) is 3.86. The van der Waals surface area contributed by atoms with Gasteiger partial charge in [-0.3, -0.25) is 9.52 Å². The van der Waals surface area contributed by atoms with Crippen LogP contribution in [0.5, 0.6) is 0 Å². The normalized spacial score (nSPS) is 11.5. The van der Waals surface area contributed by atoms with Crippen LogP contribution in [0.15, 0.2) is 53.0 Å². The number of benzene rings is 1. The van der Waals surface area contributed by atoms with Crippen molar-refractivity contribution < 1.29 is 22.0 Å².